The van der Waals surface area contributed by atoms with Crippen LogP contribution in [0.4, 0.5) is 15.8 Å². The van der Waals surface area contributed by atoms with Crippen LogP contribution in [0.25, 0.3) is 0 Å². The fourth-order valence-electron chi connectivity index (χ4n) is 2.31. The van der Waals surface area contributed by atoms with Crippen LogP contribution < -0.4 is 10.6 Å². The fraction of sp³-hybridized carbons (Fsp3) is 0.143. The summed E-state index contributed by atoms with van der Waals surface area (Å²) < 4.78 is 13.3. The summed E-state index contributed by atoms with van der Waals surface area (Å²) in [6.07, 6.45) is 0. The molecular formula is C14H12ClFN2. The third-order valence-electron chi connectivity index (χ3n) is 3.20. The van der Waals surface area contributed by atoms with E-state index < -0.39 is 0 Å². The molecule has 1 aliphatic heterocycles. The maximum absolute atomic E-state index is 13.3. The molecule has 0 amide bonds. The van der Waals surface area contributed by atoms with Crippen molar-refractivity contribution in [3.63, 3.8) is 0 Å². The fourth-order valence-corrected chi connectivity index (χ4v) is 2.55. The highest BCUT2D eigenvalue weighted by Gasteiger charge is 2.21. The van der Waals surface area contributed by atoms with Gasteiger partial charge >= 0.3 is 0 Å². The molecule has 18 heavy (non-hydrogen) atoms. The molecule has 2 aromatic rings. The molecule has 0 radical (unpaired) electrons. The van der Waals surface area contributed by atoms with Crippen molar-refractivity contribution in [1.29, 1.82) is 0 Å². The summed E-state index contributed by atoms with van der Waals surface area (Å²) >= 11 is 6.12. The Morgan fingerprint density at radius 1 is 1.06 bits per heavy atom. The summed E-state index contributed by atoms with van der Waals surface area (Å²) in [5, 5.41) is 0.567. The number of hydrogen-bond acceptors (Lipinski definition) is 2. The second kappa shape index (κ2) is 4.18. The molecule has 0 atom stereocenters. The van der Waals surface area contributed by atoms with Gasteiger partial charge in [-0.1, -0.05) is 17.7 Å². The molecule has 0 unspecified atom stereocenters. The van der Waals surface area contributed by atoms with Crippen molar-refractivity contribution in [1.82, 2.24) is 0 Å². The molecule has 92 valence electrons. The Labute approximate surface area is 110 Å². The van der Waals surface area contributed by atoms with Crippen molar-refractivity contribution in [2.24, 2.45) is 0 Å². The minimum atomic E-state index is -0.273. The van der Waals surface area contributed by atoms with Gasteiger partial charge in [-0.05, 0) is 41.5 Å². The zero-order valence-electron chi connectivity index (χ0n) is 9.66. The second-order valence-corrected chi connectivity index (χ2v) is 4.89. The van der Waals surface area contributed by atoms with Crippen LogP contribution in [0.1, 0.15) is 11.1 Å². The Kier molecular flexibility index (Phi) is 2.63. The first-order chi connectivity index (χ1) is 8.63. The highest BCUT2D eigenvalue weighted by molar-refractivity contribution is 6.33. The van der Waals surface area contributed by atoms with E-state index in [1.165, 1.54) is 23.3 Å². The molecule has 0 fully saturated rings. The molecule has 0 saturated heterocycles. The first-order valence-electron chi connectivity index (χ1n) is 5.71. The number of anilines is 2. The third kappa shape index (κ3) is 1.91. The molecule has 0 aliphatic carbocycles. The number of nitrogen functional groups attached to an aromatic ring is 1. The Morgan fingerprint density at radius 2 is 1.83 bits per heavy atom. The van der Waals surface area contributed by atoms with Crippen LogP contribution in [0.15, 0.2) is 36.4 Å². The van der Waals surface area contributed by atoms with Gasteiger partial charge in [-0.3, -0.25) is 0 Å². The van der Waals surface area contributed by atoms with Crippen molar-refractivity contribution in [2.45, 2.75) is 13.1 Å². The normalized spacial score (nSPS) is 13.8. The molecule has 2 aromatic carbocycles. The lowest BCUT2D eigenvalue weighted by atomic mass is 10.1. The summed E-state index contributed by atoms with van der Waals surface area (Å²) in [6.45, 7) is 1.45. The van der Waals surface area contributed by atoms with Gasteiger partial charge < -0.3 is 10.6 Å². The maximum atomic E-state index is 13.3. The van der Waals surface area contributed by atoms with E-state index in [2.05, 4.69) is 4.90 Å². The van der Waals surface area contributed by atoms with Crippen LogP contribution in [0.3, 0.4) is 0 Å². The Hall–Kier alpha value is -1.74. The number of nitrogens with two attached hydrogens (primary N) is 1. The zero-order valence-corrected chi connectivity index (χ0v) is 10.4. The number of halogens is 2. The molecule has 0 bridgehead atoms. The van der Waals surface area contributed by atoms with Gasteiger partial charge in [0, 0.05) is 18.8 Å². The minimum Gasteiger partial charge on any atom is -0.399 e. The van der Waals surface area contributed by atoms with Gasteiger partial charge in [0.2, 0.25) is 0 Å². The largest absolute Gasteiger partial charge is 0.399 e. The van der Waals surface area contributed by atoms with Gasteiger partial charge in [0.1, 0.15) is 5.82 Å². The van der Waals surface area contributed by atoms with E-state index in [0.29, 0.717) is 11.6 Å². The van der Waals surface area contributed by atoms with Crippen LogP contribution in [-0.2, 0) is 13.1 Å². The lowest BCUT2D eigenvalue weighted by Gasteiger charge is -2.19. The number of fused-ring (bicyclic) bond motifs is 1. The average molecular weight is 263 g/mol. The predicted octanol–water partition coefficient (Wildman–Crippen LogP) is 3.58. The van der Waals surface area contributed by atoms with E-state index in [9.17, 15) is 4.39 Å². The maximum Gasteiger partial charge on any atom is 0.125 e. The van der Waals surface area contributed by atoms with Gasteiger partial charge in [-0.2, -0.15) is 0 Å². The second-order valence-electron chi connectivity index (χ2n) is 4.48. The summed E-state index contributed by atoms with van der Waals surface area (Å²) in [6, 6.07) is 10.3. The van der Waals surface area contributed by atoms with Crippen LogP contribution in [0, 0.1) is 5.82 Å². The van der Waals surface area contributed by atoms with Crippen LogP contribution in [0.5, 0.6) is 0 Å². The molecule has 4 heteroatoms. The smallest absolute Gasteiger partial charge is 0.125 e. The monoisotopic (exact) mass is 262 g/mol. The number of benzene rings is 2. The van der Waals surface area contributed by atoms with Crippen molar-refractivity contribution in [3.8, 4) is 0 Å². The number of rotatable bonds is 1. The molecular weight excluding hydrogens is 251 g/mol. The zero-order chi connectivity index (χ0) is 12.7. The van der Waals surface area contributed by atoms with E-state index >= 15 is 0 Å². The van der Waals surface area contributed by atoms with E-state index in [1.807, 2.05) is 18.2 Å². The summed E-state index contributed by atoms with van der Waals surface area (Å²) in [4.78, 5) is 2.05. The van der Waals surface area contributed by atoms with Crippen molar-refractivity contribution < 1.29 is 4.39 Å². The quantitative estimate of drug-likeness (QED) is 0.796. The lowest BCUT2D eigenvalue weighted by Crippen LogP contribution is -2.15. The number of hydrogen-bond donors (Lipinski definition) is 1. The van der Waals surface area contributed by atoms with Crippen molar-refractivity contribution >= 4 is 23.0 Å². The van der Waals surface area contributed by atoms with Crippen molar-refractivity contribution in [3.05, 3.63) is 58.4 Å². The number of nitrogens with zero attached hydrogens (tertiary/aromatic N) is 1. The van der Waals surface area contributed by atoms with Crippen LogP contribution in [0.2, 0.25) is 5.02 Å². The Bertz CT molecular complexity index is 613. The molecule has 2 nitrogen and oxygen atoms in total. The summed E-state index contributed by atoms with van der Waals surface area (Å²) in [5.74, 6) is -0.273. The van der Waals surface area contributed by atoms with Gasteiger partial charge in [0.15, 0.2) is 0 Å². The van der Waals surface area contributed by atoms with E-state index in [-0.39, 0.29) is 5.82 Å². The first-order valence-corrected chi connectivity index (χ1v) is 6.08. The Morgan fingerprint density at radius 3 is 2.67 bits per heavy atom. The molecule has 2 N–H and O–H groups in total. The summed E-state index contributed by atoms with van der Waals surface area (Å²) in [5.41, 5.74) is 9.63. The highest BCUT2D eigenvalue weighted by atomic mass is 35.5. The molecule has 3 rings (SSSR count). The van der Waals surface area contributed by atoms with Crippen molar-refractivity contribution in [2.75, 3.05) is 10.6 Å². The minimum absolute atomic E-state index is 0.273. The van der Waals surface area contributed by atoms with Gasteiger partial charge in [-0.15, -0.1) is 0 Å². The lowest BCUT2D eigenvalue weighted by molar-refractivity contribution is 0.626. The molecule has 0 spiro atoms. The molecule has 0 aromatic heterocycles. The molecule has 1 heterocycles. The first kappa shape index (κ1) is 11.4. The van der Waals surface area contributed by atoms with Crippen LogP contribution in [-0.4, -0.2) is 0 Å². The SMILES string of the molecule is Nc1ccc2c(c1)CN(c1cc(F)ccc1Cl)C2. The van der Waals surface area contributed by atoms with E-state index in [1.54, 1.807) is 6.07 Å². The van der Waals surface area contributed by atoms with Crippen LogP contribution >= 0.6 is 11.6 Å². The van der Waals surface area contributed by atoms with E-state index in [4.69, 9.17) is 17.3 Å². The van der Waals surface area contributed by atoms with E-state index in [0.717, 1.165) is 17.9 Å². The Balaban J connectivity index is 1.96. The highest BCUT2D eigenvalue weighted by Crippen LogP contribution is 2.34. The predicted molar refractivity (Wildman–Crippen MR) is 72.2 cm³/mol. The molecule has 0 saturated carbocycles. The third-order valence-corrected chi connectivity index (χ3v) is 3.52. The molecule has 1 aliphatic rings. The average Bonchev–Trinajstić information content (AvgIpc) is 2.74. The van der Waals surface area contributed by atoms with Gasteiger partial charge in [-0.25, -0.2) is 4.39 Å². The van der Waals surface area contributed by atoms with Gasteiger partial charge in [0.05, 0.1) is 10.7 Å². The standard InChI is InChI=1S/C14H12ClFN2/c15-13-4-2-11(16)6-14(13)18-7-9-1-3-12(17)5-10(9)8-18/h1-6H,7-8,17H2. The topological polar surface area (TPSA) is 29.3 Å². The van der Waals surface area contributed by atoms with Gasteiger partial charge in [0.25, 0.3) is 0 Å². The summed E-state index contributed by atoms with van der Waals surface area (Å²) in [7, 11) is 0.